The van der Waals surface area contributed by atoms with Gasteiger partial charge in [-0.15, -0.1) is 0 Å². The lowest BCUT2D eigenvalue weighted by atomic mass is 10.2. The quantitative estimate of drug-likeness (QED) is 0.248. The molecule has 160 valence electrons. The number of benzene rings is 3. The maximum absolute atomic E-state index is 12.0. The number of rotatable bonds is 8. The Kier molecular flexibility index (Phi) is 8.51. The Morgan fingerprint density at radius 3 is 2.35 bits per heavy atom. The third-order valence-electron chi connectivity index (χ3n) is 4.22. The summed E-state index contributed by atoms with van der Waals surface area (Å²) < 4.78 is 7.45. The molecule has 3 aromatic carbocycles. The minimum atomic E-state index is -0.238. The summed E-state index contributed by atoms with van der Waals surface area (Å²) in [4.78, 5) is 12.0. The maximum Gasteiger partial charge on any atom is 0.259 e. The number of aryl methyl sites for hydroxylation is 1. The zero-order valence-corrected chi connectivity index (χ0v) is 20.6. The van der Waals surface area contributed by atoms with Crippen molar-refractivity contribution < 1.29 is 9.53 Å². The predicted octanol–water partition coefficient (Wildman–Crippen LogP) is 6.31. The van der Waals surface area contributed by atoms with Crippen molar-refractivity contribution in [2.45, 2.75) is 13.5 Å². The first-order valence-electron chi connectivity index (χ1n) is 9.39. The standard InChI is InChI=1S/C23H20Br2ClN3O2/c1-15-2-8-19(9-3-15)27-13-22(30)29-28-12-17-10-20(24)23(21(25)11-17)31-14-16-4-6-18(26)7-5-16/h2-12,27H,13-14H2,1H3,(H,29,30)/b28-12-. The van der Waals surface area contributed by atoms with Gasteiger partial charge in [-0.25, -0.2) is 5.43 Å². The van der Waals surface area contributed by atoms with E-state index in [1.165, 1.54) is 5.56 Å². The number of nitrogens with zero attached hydrogens (tertiary/aromatic N) is 1. The van der Waals surface area contributed by atoms with E-state index in [0.29, 0.717) is 17.4 Å². The van der Waals surface area contributed by atoms with E-state index in [1.54, 1.807) is 6.21 Å². The van der Waals surface area contributed by atoms with Crippen LogP contribution in [0.2, 0.25) is 5.02 Å². The highest BCUT2D eigenvalue weighted by molar-refractivity contribution is 9.11. The molecule has 1 amide bonds. The molecule has 0 saturated heterocycles. The molecule has 0 atom stereocenters. The third kappa shape index (κ3) is 7.38. The first kappa shape index (κ1) is 23.3. The van der Waals surface area contributed by atoms with Gasteiger partial charge in [-0.2, -0.15) is 5.10 Å². The van der Waals surface area contributed by atoms with Gasteiger partial charge in [0.25, 0.3) is 5.91 Å². The van der Waals surface area contributed by atoms with Gasteiger partial charge in [-0.1, -0.05) is 41.4 Å². The van der Waals surface area contributed by atoms with Crippen LogP contribution in [-0.4, -0.2) is 18.7 Å². The van der Waals surface area contributed by atoms with Crippen LogP contribution in [0.3, 0.4) is 0 Å². The Balaban J connectivity index is 1.52. The van der Waals surface area contributed by atoms with Crippen molar-refractivity contribution in [2.75, 3.05) is 11.9 Å². The summed E-state index contributed by atoms with van der Waals surface area (Å²) >= 11 is 13.0. The highest BCUT2D eigenvalue weighted by atomic mass is 79.9. The van der Waals surface area contributed by atoms with Crippen molar-refractivity contribution in [2.24, 2.45) is 5.10 Å². The number of amides is 1. The maximum atomic E-state index is 12.0. The van der Waals surface area contributed by atoms with Gasteiger partial charge in [0.05, 0.1) is 21.7 Å². The van der Waals surface area contributed by atoms with E-state index in [4.69, 9.17) is 16.3 Å². The molecule has 0 bridgehead atoms. The van der Waals surface area contributed by atoms with E-state index >= 15 is 0 Å². The molecule has 3 rings (SSSR count). The molecule has 8 heteroatoms. The Bertz CT molecular complexity index is 1050. The molecule has 0 saturated carbocycles. The summed E-state index contributed by atoms with van der Waals surface area (Å²) in [5, 5.41) is 7.76. The van der Waals surface area contributed by atoms with Gasteiger partial charge in [-0.3, -0.25) is 4.79 Å². The smallest absolute Gasteiger partial charge is 0.259 e. The molecule has 5 nitrogen and oxygen atoms in total. The van der Waals surface area contributed by atoms with Crippen LogP contribution in [-0.2, 0) is 11.4 Å². The fourth-order valence-electron chi connectivity index (χ4n) is 2.60. The van der Waals surface area contributed by atoms with Gasteiger partial charge in [0, 0.05) is 10.7 Å². The van der Waals surface area contributed by atoms with Gasteiger partial charge < -0.3 is 10.1 Å². The summed E-state index contributed by atoms with van der Waals surface area (Å²) in [6, 6.07) is 19.0. The Labute approximate surface area is 203 Å². The van der Waals surface area contributed by atoms with Crippen LogP contribution in [0, 0.1) is 6.92 Å². The van der Waals surface area contributed by atoms with Crippen molar-refractivity contribution in [3.8, 4) is 5.75 Å². The van der Waals surface area contributed by atoms with Crippen molar-refractivity contribution in [1.82, 2.24) is 5.43 Å². The second-order valence-electron chi connectivity index (χ2n) is 6.74. The van der Waals surface area contributed by atoms with Crippen LogP contribution in [0.1, 0.15) is 16.7 Å². The van der Waals surface area contributed by atoms with Gasteiger partial charge in [-0.05, 0) is 86.3 Å². The average Bonchev–Trinajstić information content (AvgIpc) is 2.74. The number of hydrogen-bond acceptors (Lipinski definition) is 4. The summed E-state index contributed by atoms with van der Waals surface area (Å²) in [7, 11) is 0. The van der Waals surface area contributed by atoms with Gasteiger partial charge in [0.1, 0.15) is 12.4 Å². The largest absolute Gasteiger partial charge is 0.487 e. The fourth-order valence-corrected chi connectivity index (χ4v) is 4.18. The van der Waals surface area contributed by atoms with Crippen molar-refractivity contribution >= 4 is 61.3 Å². The lowest BCUT2D eigenvalue weighted by molar-refractivity contribution is -0.119. The molecule has 31 heavy (non-hydrogen) atoms. The number of halogens is 3. The second kappa shape index (κ2) is 11.3. The molecule has 0 fully saturated rings. The topological polar surface area (TPSA) is 62.7 Å². The molecule has 3 aromatic rings. The number of nitrogens with one attached hydrogen (secondary N) is 2. The summed E-state index contributed by atoms with van der Waals surface area (Å²) in [5.41, 5.74) is 6.36. The van der Waals surface area contributed by atoms with E-state index in [-0.39, 0.29) is 12.5 Å². The average molecular weight is 566 g/mol. The SMILES string of the molecule is Cc1ccc(NCC(=O)N/N=C\c2cc(Br)c(OCc3ccc(Cl)cc3)c(Br)c2)cc1. The van der Waals surface area contributed by atoms with Gasteiger partial charge in [0.2, 0.25) is 0 Å². The van der Waals surface area contributed by atoms with Gasteiger partial charge >= 0.3 is 0 Å². The normalized spacial score (nSPS) is 10.8. The number of carbonyl (C=O) groups is 1. The van der Waals surface area contributed by atoms with E-state index in [1.807, 2.05) is 67.6 Å². The highest BCUT2D eigenvalue weighted by Gasteiger charge is 2.09. The number of carbonyl (C=O) groups excluding carboxylic acids is 1. The first-order valence-corrected chi connectivity index (χ1v) is 11.4. The molecule has 0 heterocycles. The predicted molar refractivity (Wildman–Crippen MR) is 133 cm³/mol. The van der Waals surface area contributed by atoms with E-state index in [0.717, 1.165) is 25.8 Å². The fraction of sp³-hybridized carbons (Fsp3) is 0.130. The Morgan fingerprint density at radius 2 is 1.71 bits per heavy atom. The molecule has 0 aliphatic heterocycles. The van der Waals surface area contributed by atoms with Crippen LogP contribution in [0.25, 0.3) is 0 Å². The number of hydrogen-bond donors (Lipinski definition) is 2. The molecule has 0 unspecified atom stereocenters. The highest BCUT2D eigenvalue weighted by Crippen LogP contribution is 2.35. The van der Waals surface area contributed by atoms with Crippen LogP contribution in [0.5, 0.6) is 5.75 Å². The minimum Gasteiger partial charge on any atom is -0.487 e. The van der Waals surface area contributed by atoms with Crippen molar-refractivity contribution in [1.29, 1.82) is 0 Å². The second-order valence-corrected chi connectivity index (χ2v) is 8.89. The molecule has 2 N–H and O–H groups in total. The van der Waals surface area contributed by atoms with Gasteiger partial charge in [0.15, 0.2) is 0 Å². The molecule has 0 aliphatic carbocycles. The Hall–Kier alpha value is -2.35. The number of hydrazone groups is 1. The minimum absolute atomic E-state index is 0.130. The monoisotopic (exact) mass is 563 g/mol. The number of anilines is 1. The van der Waals surface area contributed by atoms with Crippen LogP contribution < -0.4 is 15.5 Å². The summed E-state index contributed by atoms with van der Waals surface area (Å²) in [6.07, 6.45) is 1.57. The van der Waals surface area contributed by atoms with E-state index in [2.05, 4.69) is 47.7 Å². The lowest BCUT2D eigenvalue weighted by Gasteiger charge is -2.11. The van der Waals surface area contributed by atoms with Crippen molar-refractivity contribution in [3.05, 3.63) is 91.3 Å². The zero-order chi connectivity index (χ0) is 22.2. The zero-order valence-electron chi connectivity index (χ0n) is 16.7. The summed E-state index contributed by atoms with van der Waals surface area (Å²) in [6.45, 7) is 2.55. The molecular weight excluding hydrogens is 546 g/mol. The van der Waals surface area contributed by atoms with Crippen LogP contribution in [0.15, 0.2) is 74.7 Å². The van der Waals surface area contributed by atoms with Crippen LogP contribution >= 0.6 is 43.5 Å². The number of ether oxygens (including phenoxy) is 1. The van der Waals surface area contributed by atoms with Crippen molar-refractivity contribution in [3.63, 3.8) is 0 Å². The first-order chi connectivity index (χ1) is 14.9. The van der Waals surface area contributed by atoms with E-state index in [9.17, 15) is 4.79 Å². The molecule has 0 aromatic heterocycles. The molecular formula is C23H20Br2ClN3O2. The summed E-state index contributed by atoms with van der Waals surface area (Å²) in [5.74, 6) is 0.441. The molecule has 0 spiro atoms. The van der Waals surface area contributed by atoms with Crippen LogP contribution in [0.4, 0.5) is 5.69 Å². The Morgan fingerprint density at radius 1 is 1.06 bits per heavy atom. The lowest BCUT2D eigenvalue weighted by Crippen LogP contribution is -2.25. The third-order valence-corrected chi connectivity index (χ3v) is 5.65. The molecule has 0 aliphatic rings. The van der Waals surface area contributed by atoms with E-state index < -0.39 is 0 Å². The molecule has 0 radical (unpaired) electrons.